The van der Waals surface area contributed by atoms with E-state index in [0.29, 0.717) is 34.4 Å². The zero-order valence-corrected chi connectivity index (χ0v) is 12.6. The van der Waals surface area contributed by atoms with Crippen LogP contribution in [0.2, 0.25) is 0 Å². The SMILES string of the molecule is CCCCC#Cc1nc(N)c2nc(-c3ccco3)n(C)c2n1. The second kappa shape index (κ2) is 5.90. The van der Waals surface area contributed by atoms with E-state index in [-0.39, 0.29) is 0 Å². The van der Waals surface area contributed by atoms with Crippen molar-refractivity contribution >= 4 is 17.0 Å². The van der Waals surface area contributed by atoms with Gasteiger partial charge in [-0.25, -0.2) is 15.0 Å². The molecule has 6 heteroatoms. The van der Waals surface area contributed by atoms with Crippen molar-refractivity contribution in [2.75, 3.05) is 5.73 Å². The summed E-state index contributed by atoms with van der Waals surface area (Å²) in [5.41, 5.74) is 7.21. The van der Waals surface area contributed by atoms with Gasteiger partial charge in [0.2, 0.25) is 5.82 Å². The second-order valence-electron chi connectivity index (χ2n) is 4.98. The van der Waals surface area contributed by atoms with E-state index in [1.165, 1.54) is 0 Å². The number of unbranched alkanes of at least 4 members (excludes halogenated alkanes) is 2. The minimum Gasteiger partial charge on any atom is -0.461 e. The molecule has 3 heterocycles. The number of hydrogen-bond acceptors (Lipinski definition) is 5. The predicted molar refractivity (Wildman–Crippen MR) is 84.8 cm³/mol. The number of fused-ring (bicyclic) bond motifs is 1. The monoisotopic (exact) mass is 295 g/mol. The highest BCUT2D eigenvalue weighted by atomic mass is 16.3. The fourth-order valence-corrected chi connectivity index (χ4v) is 2.17. The molecule has 0 amide bonds. The summed E-state index contributed by atoms with van der Waals surface area (Å²) in [5, 5.41) is 0. The first-order chi connectivity index (χ1) is 10.7. The molecule has 112 valence electrons. The van der Waals surface area contributed by atoms with Crippen LogP contribution in [0, 0.1) is 11.8 Å². The predicted octanol–water partition coefficient (Wildman–Crippen LogP) is 2.75. The highest BCUT2D eigenvalue weighted by Gasteiger charge is 2.16. The zero-order valence-electron chi connectivity index (χ0n) is 12.6. The smallest absolute Gasteiger partial charge is 0.208 e. The van der Waals surface area contributed by atoms with Crippen molar-refractivity contribution in [1.29, 1.82) is 0 Å². The quantitative estimate of drug-likeness (QED) is 0.593. The van der Waals surface area contributed by atoms with Crippen LogP contribution in [0.15, 0.2) is 22.8 Å². The summed E-state index contributed by atoms with van der Waals surface area (Å²) in [6.07, 6.45) is 4.62. The third kappa shape index (κ3) is 2.53. The fraction of sp³-hybridized carbons (Fsp3) is 0.312. The van der Waals surface area contributed by atoms with Crippen molar-refractivity contribution < 1.29 is 4.42 Å². The van der Waals surface area contributed by atoms with Gasteiger partial charge < -0.3 is 14.7 Å². The molecule has 0 aromatic carbocycles. The topological polar surface area (TPSA) is 82.8 Å². The maximum atomic E-state index is 6.00. The normalized spacial score (nSPS) is 10.6. The molecule has 0 saturated heterocycles. The maximum Gasteiger partial charge on any atom is 0.208 e. The highest BCUT2D eigenvalue weighted by Crippen LogP contribution is 2.25. The van der Waals surface area contributed by atoms with Crippen molar-refractivity contribution in [3.63, 3.8) is 0 Å². The molecule has 0 radical (unpaired) electrons. The van der Waals surface area contributed by atoms with E-state index in [1.807, 2.05) is 23.7 Å². The van der Waals surface area contributed by atoms with Crippen molar-refractivity contribution in [3.8, 4) is 23.4 Å². The Morgan fingerprint density at radius 2 is 2.18 bits per heavy atom. The third-order valence-electron chi connectivity index (χ3n) is 3.34. The Morgan fingerprint density at radius 3 is 2.91 bits per heavy atom. The lowest BCUT2D eigenvalue weighted by Gasteiger charge is -1.99. The molecule has 2 N–H and O–H groups in total. The second-order valence-corrected chi connectivity index (χ2v) is 4.98. The van der Waals surface area contributed by atoms with Crippen LogP contribution in [0.5, 0.6) is 0 Å². The molecule has 6 nitrogen and oxygen atoms in total. The molecular weight excluding hydrogens is 278 g/mol. The van der Waals surface area contributed by atoms with Crippen LogP contribution in [0.4, 0.5) is 5.82 Å². The minimum absolute atomic E-state index is 0.332. The molecule has 0 aliphatic heterocycles. The van der Waals surface area contributed by atoms with Gasteiger partial charge in [0, 0.05) is 13.5 Å². The van der Waals surface area contributed by atoms with Gasteiger partial charge in [0.05, 0.1) is 6.26 Å². The molecular formula is C16H17N5O. The van der Waals surface area contributed by atoms with Gasteiger partial charge in [-0.15, -0.1) is 0 Å². The van der Waals surface area contributed by atoms with E-state index in [9.17, 15) is 0 Å². The number of nitrogen functional groups attached to an aromatic ring is 1. The number of nitrogens with two attached hydrogens (primary N) is 1. The largest absolute Gasteiger partial charge is 0.461 e. The number of rotatable bonds is 3. The van der Waals surface area contributed by atoms with E-state index in [4.69, 9.17) is 10.2 Å². The molecule has 0 atom stereocenters. The molecule has 3 aromatic rings. The van der Waals surface area contributed by atoms with Gasteiger partial charge in [-0.3, -0.25) is 0 Å². The standard InChI is InChI=1S/C16H17N5O/c1-3-4-5-6-9-12-18-14(17)13-16(19-12)21(2)15(20-13)11-8-7-10-22-11/h7-8,10H,3-5H2,1-2H3,(H2,17,18,19). The van der Waals surface area contributed by atoms with Gasteiger partial charge in [-0.1, -0.05) is 19.3 Å². The maximum absolute atomic E-state index is 6.00. The molecule has 0 bridgehead atoms. The Labute approximate surface area is 128 Å². The first kappa shape index (κ1) is 14.1. The lowest BCUT2D eigenvalue weighted by atomic mass is 10.2. The van der Waals surface area contributed by atoms with Crippen molar-refractivity contribution in [2.24, 2.45) is 7.05 Å². The molecule has 0 saturated carbocycles. The van der Waals surface area contributed by atoms with Crippen LogP contribution in [-0.4, -0.2) is 19.5 Å². The highest BCUT2D eigenvalue weighted by molar-refractivity contribution is 5.85. The van der Waals surface area contributed by atoms with Crippen molar-refractivity contribution in [2.45, 2.75) is 26.2 Å². The number of imidazole rings is 1. The van der Waals surface area contributed by atoms with Gasteiger partial charge in [-0.2, -0.15) is 0 Å². The fourth-order valence-electron chi connectivity index (χ4n) is 2.17. The number of aryl methyl sites for hydroxylation is 1. The van der Waals surface area contributed by atoms with Gasteiger partial charge in [0.1, 0.15) is 0 Å². The lowest BCUT2D eigenvalue weighted by molar-refractivity contribution is 0.574. The molecule has 0 aliphatic rings. The van der Waals surface area contributed by atoms with E-state index in [0.717, 1.165) is 19.3 Å². The van der Waals surface area contributed by atoms with Crippen LogP contribution in [0.1, 0.15) is 32.0 Å². The Hall–Kier alpha value is -2.81. The summed E-state index contributed by atoms with van der Waals surface area (Å²) >= 11 is 0. The Balaban J connectivity index is 2.05. The van der Waals surface area contributed by atoms with Crippen LogP contribution in [0.25, 0.3) is 22.7 Å². The summed E-state index contributed by atoms with van der Waals surface area (Å²) in [7, 11) is 1.87. The Bertz CT molecular complexity index is 852. The van der Waals surface area contributed by atoms with Crippen LogP contribution < -0.4 is 5.73 Å². The van der Waals surface area contributed by atoms with Gasteiger partial charge in [0.15, 0.2) is 28.6 Å². The van der Waals surface area contributed by atoms with Gasteiger partial charge >= 0.3 is 0 Å². The van der Waals surface area contributed by atoms with Crippen molar-refractivity contribution in [3.05, 3.63) is 24.2 Å². The number of furan rings is 1. The molecule has 3 rings (SSSR count). The zero-order chi connectivity index (χ0) is 15.5. The van der Waals surface area contributed by atoms with E-state index in [2.05, 4.69) is 33.7 Å². The van der Waals surface area contributed by atoms with E-state index >= 15 is 0 Å². The Kier molecular flexibility index (Phi) is 3.79. The number of nitrogens with zero attached hydrogens (tertiary/aromatic N) is 4. The van der Waals surface area contributed by atoms with Gasteiger partial charge in [0.25, 0.3) is 0 Å². The molecule has 0 spiro atoms. The summed E-state index contributed by atoms with van der Waals surface area (Å²) in [6, 6.07) is 3.66. The van der Waals surface area contributed by atoms with Crippen LogP contribution in [0.3, 0.4) is 0 Å². The van der Waals surface area contributed by atoms with Crippen molar-refractivity contribution in [1.82, 2.24) is 19.5 Å². The third-order valence-corrected chi connectivity index (χ3v) is 3.34. The summed E-state index contributed by atoms with van der Waals surface area (Å²) in [4.78, 5) is 13.2. The first-order valence-corrected chi connectivity index (χ1v) is 7.23. The van der Waals surface area contributed by atoms with E-state index in [1.54, 1.807) is 6.26 Å². The summed E-state index contributed by atoms with van der Waals surface area (Å²) in [6.45, 7) is 2.13. The lowest BCUT2D eigenvalue weighted by Crippen LogP contribution is -2.00. The average molecular weight is 295 g/mol. The molecule has 22 heavy (non-hydrogen) atoms. The number of anilines is 1. The van der Waals surface area contributed by atoms with Crippen LogP contribution in [-0.2, 0) is 7.05 Å². The first-order valence-electron chi connectivity index (χ1n) is 7.23. The molecule has 3 aromatic heterocycles. The number of hydrogen-bond donors (Lipinski definition) is 1. The summed E-state index contributed by atoms with van der Waals surface area (Å²) in [5.74, 6) is 8.12. The average Bonchev–Trinajstić information content (AvgIpc) is 3.13. The molecule has 0 unspecified atom stereocenters. The van der Waals surface area contributed by atoms with Gasteiger partial charge in [-0.05, 0) is 24.5 Å². The summed E-state index contributed by atoms with van der Waals surface area (Å²) < 4.78 is 7.23. The Morgan fingerprint density at radius 1 is 1.32 bits per heavy atom. The van der Waals surface area contributed by atoms with E-state index < -0.39 is 0 Å². The van der Waals surface area contributed by atoms with Crippen LogP contribution >= 0.6 is 0 Å². The molecule has 0 aliphatic carbocycles. The molecule has 0 fully saturated rings. The minimum atomic E-state index is 0.332. The number of aromatic nitrogens is 4.